The number of nitrogens with two attached hydrogens (primary N) is 1. The van der Waals surface area contributed by atoms with Gasteiger partial charge in [-0.1, -0.05) is 6.42 Å². The molecule has 0 amide bonds. The summed E-state index contributed by atoms with van der Waals surface area (Å²) in [6, 6.07) is -0.373. The summed E-state index contributed by atoms with van der Waals surface area (Å²) in [5.41, 5.74) is 5.61. The van der Waals surface area contributed by atoms with Crippen LogP contribution in [-0.4, -0.2) is 40.6 Å². The summed E-state index contributed by atoms with van der Waals surface area (Å²) >= 11 is 0. The topological polar surface area (TPSA) is 66.6 Å². The fourth-order valence-corrected chi connectivity index (χ4v) is 2.14. The maximum atomic E-state index is 10.7. The molecule has 0 aromatic rings. The molecule has 1 aliphatic heterocycles. The zero-order valence-electron chi connectivity index (χ0n) is 8.94. The van der Waals surface area contributed by atoms with E-state index >= 15 is 0 Å². The van der Waals surface area contributed by atoms with Crippen LogP contribution in [-0.2, 0) is 4.79 Å². The predicted octanol–water partition coefficient (Wildman–Crippen LogP) is 0.661. The van der Waals surface area contributed by atoms with E-state index in [4.69, 9.17) is 10.8 Å². The fraction of sp³-hybridized carbons (Fsp3) is 0.900. The number of aliphatic carboxylic acids is 1. The van der Waals surface area contributed by atoms with Crippen molar-refractivity contribution in [2.45, 2.75) is 51.2 Å². The Hall–Kier alpha value is -0.610. The summed E-state index contributed by atoms with van der Waals surface area (Å²) in [6.45, 7) is 5.02. The third-order valence-electron chi connectivity index (χ3n) is 3.18. The van der Waals surface area contributed by atoms with Gasteiger partial charge in [-0.25, -0.2) is 0 Å². The van der Waals surface area contributed by atoms with Gasteiger partial charge >= 0.3 is 5.97 Å². The van der Waals surface area contributed by atoms with Crippen molar-refractivity contribution in [3.63, 3.8) is 0 Å². The first-order valence-corrected chi connectivity index (χ1v) is 5.28. The summed E-state index contributed by atoms with van der Waals surface area (Å²) in [4.78, 5) is 12.9. The molecule has 1 heterocycles. The zero-order chi connectivity index (χ0) is 10.7. The number of piperidine rings is 1. The molecule has 1 saturated heterocycles. The number of likely N-dealkylation sites (tertiary alicyclic amines) is 1. The summed E-state index contributed by atoms with van der Waals surface area (Å²) in [6.07, 6.45) is 3.55. The van der Waals surface area contributed by atoms with E-state index in [-0.39, 0.29) is 6.04 Å². The van der Waals surface area contributed by atoms with Crippen LogP contribution < -0.4 is 5.73 Å². The van der Waals surface area contributed by atoms with E-state index in [1.54, 1.807) is 0 Å². The molecule has 1 aliphatic rings. The number of carboxylic acids is 1. The number of carboxylic acid groups (broad SMARTS) is 1. The van der Waals surface area contributed by atoms with Crippen LogP contribution in [0.25, 0.3) is 0 Å². The predicted molar refractivity (Wildman–Crippen MR) is 55.1 cm³/mol. The van der Waals surface area contributed by atoms with Gasteiger partial charge in [0.2, 0.25) is 0 Å². The van der Waals surface area contributed by atoms with Gasteiger partial charge in [0.1, 0.15) is 6.04 Å². The van der Waals surface area contributed by atoms with E-state index in [9.17, 15) is 4.79 Å². The first kappa shape index (κ1) is 11.5. The second-order valence-electron chi connectivity index (χ2n) is 4.19. The van der Waals surface area contributed by atoms with Gasteiger partial charge < -0.3 is 10.8 Å². The van der Waals surface area contributed by atoms with E-state index < -0.39 is 12.0 Å². The van der Waals surface area contributed by atoms with Crippen LogP contribution in [0.5, 0.6) is 0 Å². The highest BCUT2D eigenvalue weighted by Crippen LogP contribution is 2.19. The summed E-state index contributed by atoms with van der Waals surface area (Å²) in [7, 11) is 0. The molecule has 3 unspecified atom stereocenters. The molecular weight excluding hydrogens is 180 g/mol. The lowest BCUT2D eigenvalue weighted by atomic mass is 9.99. The monoisotopic (exact) mass is 200 g/mol. The highest BCUT2D eigenvalue weighted by Gasteiger charge is 2.30. The lowest BCUT2D eigenvalue weighted by Crippen LogP contribution is -2.54. The first-order valence-electron chi connectivity index (χ1n) is 5.28. The maximum Gasteiger partial charge on any atom is 0.322 e. The SMILES string of the molecule is CC1CCCCN1C(C)C(N)C(=O)O. The molecular formula is C10H20N2O2. The van der Waals surface area contributed by atoms with Crippen molar-refractivity contribution in [2.75, 3.05) is 6.54 Å². The quantitative estimate of drug-likeness (QED) is 0.702. The van der Waals surface area contributed by atoms with Gasteiger partial charge in [0.05, 0.1) is 0 Å². The van der Waals surface area contributed by atoms with Gasteiger partial charge in [-0.15, -0.1) is 0 Å². The van der Waals surface area contributed by atoms with Crippen molar-refractivity contribution in [3.8, 4) is 0 Å². The molecule has 14 heavy (non-hydrogen) atoms. The summed E-state index contributed by atoms with van der Waals surface area (Å²) in [5, 5.41) is 8.82. The zero-order valence-corrected chi connectivity index (χ0v) is 8.94. The normalized spacial score (nSPS) is 28.4. The highest BCUT2D eigenvalue weighted by molar-refractivity contribution is 5.74. The third-order valence-corrected chi connectivity index (χ3v) is 3.18. The van der Waals surface area contributed by atoms with Gasteiger partial charge in [0, 0.05) is 12.1 Å². The van der Waals surface area contributed by atoms with Gasteiger partial charge in [0.25, 0.3) is 0 Å². The molecule has 0 radical (unpaired) electrons. The number of carbonyl (C=O) groups is 1. The van der Waals surface area contributed by atoms with Crippen LogP contribution in [0.1, 0.15) is 33.1 Å². The first-order chi connectivity index (χ1) is 6.54. The number of hydrogen-bond acceptors (Lipinski definition) is 3. The van der Waals surface area contributed by atoms with Crippen LogP contribution in [0.2, 0.25) is 0 Å². The Balaban J connectivity index is 2.57. The Labute approximate surface area is 85.1 Å². The Morgan fingerprint density at radius 1 is 1.57 bits per heavy atom. The van der Waals surface area contributed by atoms with Crippen LogP contribution >= 0.6 is 0 Å². The molecule has 82 valence electrons. The second-order valence-corrected chi connectivity index (χ2v) is 4.19. The third kappa shape index (κ3) is 2.45. The minimum Gasteiger partial charge on any atom is -0.480 e. The van der Waals surface area contributed by atoms with E-state index in [2.05, 4.69) is 11.8 Å². The fourth-order valence-electron chi connectivity index (χ4n) is 2.14. The van der Waals surface area contributed by atoms with Gasteiger partial charge in [-0.2, -0.15) is 0 Å². The van der Waals surface area contributed by atoms with Crippen LogP contribution in [0.4, 0.5) is 0 Å². The van der Waals surface area contributed by atoms with Crippen LogP contribution in [0.15, 0.2) is 0 Å². The van der Waals surface area contributed by atoms with Crippen molar-refractivity contribution in [3.05, 3.63) is 0 Å². The van der Waals surface area contributed by atoms with Crippen LogP contribution in [0, 0.1) is 0 Å². The Morgan fingerprint density at radius 2 is 2.21 bits per heavy atom. The largest absolute Gasteiger partial charge is 0.480 e. The molecule has 4 nitrogen and oxygen atoms in total. The lowest BCUT2D eigenvalue weighted by molar-refractivity contribution is -0.140. The molecule has 4 heteroatoms. The van der Waals surface area contributed by atoms with Crippen molar-refractivity contribution in [2.24, 2.45) is 5.73 Å². The van der Waals surface area contributed by atoms with Crippen molar-refractivity contribution >= 4 is 5.97 Å². The van der Waals surface area contributed by atoms with E-state index in [0.29, 0.717) is 6.04 Å². The molecule has 0 bridgehead atoms. The van der Waals surface area contributed by atoms with E-state index in [1.807, 2.05) is 6.92 Å². The van der Waals surface area contributed by atoms with E-state index in [1.165, 1.54) is 6.42 Å². The molecule has 0 aliphatic carbocycles. The second kappa shape index (κ2) is 4.75. The number of rotatable bonds is 3. The molecule has 0 aromatic heterocycles. The highest BCUT2D eigenvalue weighted by atomic mass is 16.4. The summed E-state index contributed by atoms with van der Waals surface area (Å²) < 4.78 is 0. The molecule has 0 saturated carbocycles. The standard InChI is InChI=1S/C10H20N2O2/c1-7-5-3-4-6-12(7)8(2)9(11)10(13)14/h7-9H,3-6,11H2,1-2H3,(H,13,14). The Kier molecular flexibility index (Phi) is 3.89. The Morgan fingerprint density at radius 3 is 2.71 bits per heavy atom. The minimum atomic E-state index is -0.907. The summed E-state index contributed by atoms with van der Waals surface area (Å²) in [5.74, 6) is -0.907. The smallest absolute Gasteiger partial charge is 0.322 e. The molecule has 3 atom stereocenters. The minimum absolute atomic E-state index is 0.0669. The number of nitrogens with zero attached hydrogens (tertiary/aromatic N) is 1. The average Bonchev–Trinajstić information content (AvgIpc) is 2.16. The van der Waals surface area contributed by atoms with Gasteiger partial charge in [-0.05, 0) is 33.2 Å². The average molecular weight is 200 g/mol. The maximum absolute atomic E-state index is 10.7. The van der Waals surface area contributed by atoms with Gasteiger partial charge in [-0.3, -0.25) is 9.69 Å². The van der Waals surface area contributed by atoms with Crippen molar-refractivity contribution < 1.29 is 9.90 Å². The van der Waals surface area contributed by atoms with Crippen molar-refractivity contribution in [1.82, 2.24) is 4.90 Å². The van der Waals surface area contributed by atoms with Crippen molar-refractivity contribution in [1.29, 1.82) is 0 Å². The lowest BCUT2D eigenvalue weighted by Gasteiger charge is -2.39. The number of hydrogen-bond donors (Lipinski definition) is 2. The van der Waals surface area contributed by atoms with Gasteiger partial charge in [0.15, 0.2) is 0 Å². The van der Waals surface area contributed by atoms with Crippen LogP contribution in [0.3, 0.4) is 0 Å². The molecule has 0 aromatic carbocycles. The Bertz CT molecular complexity index is 208. The molecule has 3 N–H and O–H groups in total. The van der Waals surface area contributed by atoms with E-state index in [0.717, 1.165) is 19.4 Å². The molecule has 0 spiro atoms. The molecule has 1 fully saturated rings. The molecule has 1 rings (SSSR count).